The molecular weight excluding hydrogens is 351 g/mol. The van der Waals surface area contributed by atoms with Crippen LogP contribution < -0.4 is 10.5 Å². The van der Waals surface area contributed by atoms with Crippen LogP contribution in [0.25, 0.3) is 0 Å². The van der Waals surface area contributed by atoms with Crippen molar-refractivity contribution in [2.75, 3.05) is 18.9 Å². The first kappa shape index (κ1) is 17.4. The molecule has 0 bridgehead atoms. The summed E-state index contributed by atoms with van der Waals surface area (Å²) in [5, 5.41) is 8.91. The van der Waals surface area contributed by atoms with Gasteiger partial charge in [0.15, 0.2) is 0 Å². The normalized spacial score (nSPS) is 12.7. The van der Waals surface area contributed by atoms with E-state index in [1.807, 2.05) is 13.8 Å². The Hall–Kier alpha value is -0.700. The van der Waals surface area contributed by atoms with Gasteiger partial charge in [-0.2, -0.15) is 0 Å². The number of hydrogen-bond acceptors (Lipinski definition) is 4. The summed E-state index contributed by atoms with van der Waals surface area (Å²) in [6.45, 7) is 3.77. The maximum Gasteiger partial charge on any atom is 0.242 e. The molecule has 0 aliphatic rings. The minimum atomic E-state index is -3.84. The Morgan fingerprint density at radius 2 is 2.05 bits per heavy atom. The van der Waals surface area contributed by atoms with E-state index in [2.05, 4.69) is 20.7 Å². The van der Waals surface area contributed by atoms with Gasteiger partial charge >= 0.3 is 0 Å². The molecule has 114 valence electrons. The number of halogens is 2. The highest BCUT2D eigenvalue weighted by molar-refractivity contribution is 9.10. The monoisotopic (exact) mass is 368 g/mol. The van der Waals surface area contributed by atoms with Crippen molar-refractivity contribution >= 4 is 31.6 Å². The minimum absolute atomic E-state index is 0.0288. The van der Waals surface area contributed by atoms with Crippen LogP contribution in [0.15, 0.2) is 21.5 Å². The van der Waals surface area contributed by atoms with Gasteiger partial charge < -0.3 is 10.8 Å². The van der Waals surface area contributed by atoms with Gasteiger partial charge in [-0.05, 0) is 39.9 Å². The fraction of sp³-hybridized carbons (Fsp3) is 0.500. The fourth-order valence-corrected chi connectivity index (χ4v) is 3.41. The first-order chi connectivity index (χ1) is 9.09. The molecule has 4 N–H and O–H groups in total. The number of nitrogens with one attached hydrogen (secondary N) is 1. The first-order valence-corrected chi connectivity index (χ1v) is 8.22. The van der Waals surface area contributed by atoms with Crippen LogP contribution >= 0.6 is 15.9 Å². The van der Waals surface area contributed by atoms with Crippen LogP contribution in [0.4, 0.5) is 10.1 Å². The van der Waals surface area contributed by atoms with E-state index in [9.17, 15) is 12.8 Å². The number of benzene rings is 1. The molecule has 1 aromatic rings. The van der Waals surface area contributed by atoms with Crippen molar-refractivity contribution in [2.45, 2.75) is 25.2 Å². The lowest BCUT2D eigenvalue weighted by atomic mass is 9.90. The summed E-state index contributed by atoms with van der Waals surface area (Å²) in [7, 11) is -3.84. The van der Waals surface area contributed by atoms with Crippen molar-refractivity contribution in [1.29, 1.82) is 0 Å². The number of aliphatic hydroxyl groups is 1. The maximum atomic E-state index is 13.3. The van der Waals surface area contributed by atoms with E-state index in [0.717, 1.165) is 12.1 Å². The highest BCUT2D eigenvalue weighted by Gasteiger charge is 2.24. The van der Waals surface area contributed by atoms with Crippen LogP contribution in [-0.2, 0) is 10.0 Å². The summed E-state index contributed by atoms with van der Waals surface area (Å²) in [5.74, 6) is -0.623. The van der Waals surface area contributed by atoms with Gasteiger partial charge in [0.1, 0.15) is 10.7 Å². The molecule has 0 radical (unpaired) electrons. The number of nitrogens with two attached hydrogens (primary N) is 1. The molecule has 0 aliphatic heterocycles. The van der Waals surface area contributed by atoms with Crippen LogP contribution in [0.2, 0.25) is 0 Å². The smallest absolute Gasteiger partial charge is 0.242 e. The summed E-state index contributed by atoms with van der Waals surface area (Å²) < 4.78 is 40.0. The molecule has 0 unspecified atom stereocenters. The Labute approximate surface area is 126 Å². The minimum Gasteiger partial charge on any atom is -0.398 e. The highest BCUT2D eigenvalue weighted by Crippen LogP contribution is 2.27. The van der Waals surface area contributed by atoms with E-state index in [4.69, 9.17) is 10.8 Å². The Morgan fingerprint density at radius 1 is 1.45 bits per heavy atom. The molecule has 0 saturated heterocycles. The average molecular weight is 369 g/mol. The third-order valence-corrected chi connectivity index (χ3v) is 4.94. The predicted octanol–water partition coefficient (Wildman–Crippen LogP) is 1.86. The van der Waals surface area contributed by atoms with Gasteiger partial charge in [0.05, 0.1) is 10.2 Å². The molecule has 0 aromatic heterocycles. The zero-order chi connectivity index (χ0) is 15.6. The second-order valence-electron chi connectivity index (χ2n) is 5.27. The molecular formula is C12H18BrFN2O3S. The number of hydrogen-bond donors (Lipinski definition) is 3. The van der Waals surface area contributed by atoms with E-state index in [1.54, 1.807) is 0 Å². The number of nitrogen functional groups attached to an aromatic ring is 1. The second-order valence-corrected chi connectivity index (χ2v) is 7.86. The standard InChI is InChI=1S/C12H18BrFN2O3S/c1-12(2,3-4-17)7-16-20(18,19)11-5-8(13)9(14)6-10(11)15/h5-6,16-17H,3-4,7,15H2,1-2H3. The van der Waals surface area contributed by atoms with Crippen molar-refractivity contribution in [3.8, 4) is 0 Å². The van der Waals surface area contributed by atoms with Gasteiger partial charge in [-0.3, -0.25) is 0 Å². The van der Waals surface area contributed by atoms with Crippen LogP contribution in [0.1, 0.15) is 20.3 Å². The summed E-state index contributed by atoms with van der Waals surface area (Å²) in [6.07, 6.45) is 0.456. The summed E-state index contributed by atoms with van der Waals surface area (Å²) in [5.41, 5.74) is 5.00. The summed E-state index contributed by atoms with van der Waals surface area (Å²) >= 11 is 2.93. The van der Waals surface area contributed by atoms with E-state index in [1.165, 1.54) is 0 Å². The largest absolute Gasteiger partial charge is 0.398 e. The van der Waals surface area contributed by atoms with E-state index in [-0.39, 0.29) is 28.2 Å². The lowest BCUT2D eigenvalue weighted by Gasteiger charge is -2.24. The summed E-state index contributed by atoms with van der Waals surface area (Å²) in [6, 6.07) is 2.09. The number of sulfonamides is 1. The molecule has 0 heterocycles. The molecule has 5 nitrogen and oxygen atoms in total. The number of anilines is 1. The van der Waals surface area contributed by atoms with E-state index < -0.39 is 21.3 Å². The lowest BCUT2D eigenvalue weighted by Crippen LogP contribution is -2.34. The van der Waals surface area contributed by atoms with Crippen molar-refractivity contribution in [3.05, 3.63) is 22.4 Å². The van der Waals surface area contributed by atoms with Crippen LogP contribution in [0.5, 0.6) is 0 Å². The Bertz CT molecular complexity index is 591. The average Bonchev–Trinajstić information content (AvgIpc) is 2.31. The maximum absolute atomic E-state index is 13.3. The Kier molecular flexibility index (Phi) is 5.54. The molecule has 0 aliphatic carbocycles. The van der Waals surface area contributed by atoms with E-state index >= 15 is 0 Å². The van der Waals surface area contributed by atoms with Gasteiger partial charge in [0, 0.05) is 13.2 Å². The Morgan fingerprint density at radius 3 is 2.60 bits per heavy atom. The van der Waals surface area contributed by atoms with Gasteiger partial charge in [-0.1, -0.05) is 13.8 Å². The molecule has 0 spiro atoms. The molecule has 1 aromatic carbocycles. The van der Waals surface area contributed by atoms with Crippen molar-refractivity contribution in [1.82, 2.24) is 4.72 Å². The van der Waals surface area contributed by atoms with Gasteiger partial charge in [0.25, 0.3) is 0 Å². The molecule has 8 heteroatoms. The van der Waals surface area contributed by atoms with Crippen molar-refractivity contribution < 1.29 is 17.9 Å². The molecule has 0 fully saturated rings. The third-order valence-electron chi connectivity index (χ3n) is 2.87. The van der Waals surface area contributed by atoms with Gasteiger partial charge in [0.2, 0.25) is 10.0 Å². The number of rotatable bonds is 6. The van der Waals surface area contributed by atoms with Crippen molar-refractivity contribution in [3.63, 3.8) is 0 Å². The second kappa shape index (κ2) is 6.38. The van der Waals surface area contributed by atoms with Crippen LogP contribution in [0, 0.1) is 11.2 Å². The van der Waals surface area contributed by atoms with Gasteiger partial charge in [-0.25, -0.2) is 17.5 Å². The molecule has 0 amide bonds. The van der Waals surface area contributed by atoms with E-state index in [0.29, 0.717) is 6.42 Å². The molecule has 0 atom stereocenters. The predicted molar refractivity (Wildman–Crippen MR) is 79.2 cm³/mol. The van der Waals surface area contributed by atoms with Crippen LogP contribution in [0.3, 0.4) is 0 Å². The molecule has 20 heavy (non-hydrogen) atoms. The molecule has 1 rings (SSSR count). The quantitative estimate of drug-likeness (QED) is 0.668. The van der Waals surface area contributed by atoms with Crippen LogP contribution in [-0.4, -0.2) is 26.7 Å². The topological polar surface area (TPSA) is 92.4 Å². The molecule has 0 saturated carbocycles. The first-order valence-electron chi connectivity index (χ1n) is 5.94. The van der Waals surface area contributed by atoms with Crippen molar-refractivity contribution in [2.24, 2.45) is 5.41 Å². The fourth-order valence-electron chi connectivity index (χ4n) is 1.54. The summed E-state index contributed by atoms with van der Waals surface area (Å²) in [4.78, 5) is -0.175. The zero-order valence-corrected chi connectivity index (χ0v) is 13.7. The number of aliphatic hydroxyl groups excluding tert-OH is 1. The third kappa shape index (κ3) is 4.41. The Balaban J connectivity index is 2.98. The van der Waals surface area contributed by atoms with Gasteiger partial charge in [-0.15, -0.1) is 0 Å². The SMILES string of the molecule is CC(C)(CCO)CNS(=O)(=O)c1cc(Br)c(F)cc1N. The zero-order valence-electron chi connectivity index (χ0n) is 11.3. The lowest BCUT2D eigenvalue weighted by molar-refractivity contribution is 0.213. The highest BCUT2D eigenvalue weighted by atomic mass is 79.9.